The van der Waals surface area contributed by atoms with Crippen LogP contribution in [0.5, 0.6) is 0 Å². The highest BCUT2D eigenvalue weighted by Crippen LogP contribution is 2.22. The second-order valence-corrected chi connectivity index (χ2v) is 4.06. The molecule has 0 amide bonds. The van der Waals surface area contributed by atoms with E-state index < -0.39 is 5.97 Å². The van der Waals surface area contributed by atoms with Gasteiger partial charge in [-0.1, -0.05) is 13.8 Å². The van der Waals surface area contributed by atoms with Crippen LogP contribution < -0.4 is 0 Å². The molecule has 15 heavy (non-hydrogen) atoms. The summed E-state index contributed by atoms with van der Waals surface area (Å²) in [5.74, 6) is -0.861. The summed E-state index contributed by atoms with van der Waals surface area (Å²) in [5, 5.41) is 6.25. The molecule has 0 unspecified atom stereocenters. The molecular formula is C9H11BrN2O3. The Hall–Kier alpha value is -1.17. The van der Waals surface area contributed by atoms with Crippen LogP contribution in [0.3, 0.4) is 0 Å². The second-order valence-electron chi connectivity index (χ2n) is 3.27. The third-order valence-electron chi connectivity index (χ3n) is 1.85. The molecule has 0 aliphatic heterocycles. The van der Waals surface area contributed by atoms with Crippen LogP contribution in [-0.2, 0) is 4.74 Å². The van der Waals surface area contributed by atoms with Crippen LogP contribution in [-0.4, -0.2) is 29.1 Å². The number of aromatic amines is 1. The first kappa shape index (κ1) is 11.9. The van der Waals surface area contributed by atoms with Crippen LogP contribution in [0.4, 0.5) is 0 Å². The summed E-state index contributed by atoms with van der Waals surface area (Å²) in [5.41, 5.74) is 0.381. The number of Topliss-reactive ketones (excluding diaryl/α,β-unsaturated/α-hetero) is 1. The standard InChI is InChI=1S/C9H11BrN2O3/c1-4(2)8(13)6-5(10)7(12-11-6)9(14)15-3/h4H,1-3H3,(H,11,12). The minimum absolute atomic E-state index is 0.131. The molecule has 1 aromatic heterocycles. The van der Waals surface area contributed by atoms with E-state index in [4.69, 9.17) is 0 Å². The fraction of sp³-hybridized carbons (Fsp3) is 0.444. The zero-order valence-corrected chi connectivity index (χ0v) is 10.2. The van der Waals surface area contributed by atoms with Gasteiger partial charge in [-0.3, -0.25) is 9.89 Å². The van der Waals surface area contributed by atoms with Gasteiger partial charge in [-0.05, 0) is 15.9 Å². The molecule has 0 aliphatic rings. The van der Waals surface area contributed by atoms with Crippen LogP contribution in [0.25, 0.3) is 0 Å². The van der Waals surface area contributed by atoms with Crippen molar-refractivity contribution in [2.24, 2.45) is 5.92 Å². The van der Waals surface area contributed by atoms with Crippen LogP contribution in [0.1, 0.15) is 34.8 Å². The molecule has 82 valence electrons. The molecule has 1 aromatic rings. The normalized spacial score (nSPS) is 10.5. The van der Waals surface area contributed by atoms with Gasteiger partial charge >= 0.3 is 5.97 Å². The van der Waals surface area contributed by atoms with Gasteiger partial charge in [-0.15, -0.1) is 0 Å². The summed E-state index contributed by atoms with van der Waals surface area (Å²) >= 11 is 3.15. The number of carbonyl (C=O) groups is 2. The molecule has 0 spiro atoms. The Bertz CT molecular complexity index is 398. The number of ether oxygens (including phenoxy) is 1. The maximum Gasteiger partial charge on any atom is 0.357 e. The molecule has 0 fully saturated rings. The first-order valence-electron chi connectivity index (χ1n) is 4.35. The molecule has 0 atom stereocenters. The van der Waals surface area contributed by atoms with E-state index in [2.05, 4.69) is 30.9 Å². The highest BCUT2D eigenvalue weighted by atomic mass is 79.9. The third-order valence-corrected chi connectivity index (χ3v) is 2.63. The van der Waals surface area contributed by atoms with Gasteiger partial charge in [-0.2, -0.15) is 5.10 Å². The number of methoxy groups -OCH3 is 1. The third kappa shape index (κ3) is 2.26. The summed E-state index contributed by atoms with van der Waals surface area (Å²) in [6, 6.07) is 0. The lowest BCUT2D eigenvalue weighted by Gasteiger charge is -2.00. The van der Waals surface area contributed by atoms with Crippen molar-refractivity contribution in [3.8, 4) is 0 Å². The van der Waals surface area contributed by atoms with E-state index in [1.54, 1.807) is 13.8 Å². The molecule has 1 rings (SSSR count). The number of ketones is 1. The quantitative estimate of drug-likeness (QED) is 0.674. The fourth-order valence-electron chi connectivity index (χ4n) is 1.00. The average Bonchev–Trinajstić information content (AvgIpc) is 2.57. The summed E-state index contributed by atoms with van der Waals surface area (Å²) in [6.45, 7) is 3.53. The Balaban J connectivity index is 3.09. The first-order valence-corrected chi connectivity index (χ1v) is 5.14. The van der Waals surface area contributed by atoms with E-state index in [9.17, 15) is 9.59 Å². The molecule has 0 aromatic carbocycles. The van der Waals surface area contributed by atoms with Crippen LogP contribution in [0.2, 0.25) is 0 Å². The van der Waals surface area contributed by atoms with E-state index in [1.807, 2.05) is 0 Å². The maximum absolute atomic E-state index is 11.6. The van der Waals surface area contributed by atoms with Crippen molar-refractivity contribution in [3.05, 3.63) is 15.9 Å². The van der Waals surface area contributed by atoms with E-state index in [-0.39, 0.29) is 23.1 Å². The largest absolute Gasteiger partial charge is 0.464 e. The Morgan fingerprint density at radius 1 is 1.47 bits per heavy atom. The monoisotopic (exact) mass is 274 g/mol. The predicted octanol–water partition coefficient (Wildman–Crippen LogP) is 1.80. The SMILES string of the molecule is COC(=O)c1[nH]nc(C(=O)C(C)C)c1Br. The van der Waals surface area contributed by atoms with Crippen molar-refractivity contribution in [3.63, 3.8) is 0 Å². The zero-order chi connectivity index (χ0) is 11.6. The lowest BCUT2D eigenvalue weighted by molar-refractivity contribution is 0.0593. The summed E-state index contributed by atoms with van der Waals surface area (Å²) in [6.07, 6.45) is 0. The average molecular weight is 275 g/mol. The second kappa shape index (κ2) is 4.57. The number of nitrogens with zero attached hydrogens (tertiary/aromatic N) is 1. The maximum atomic E-state index is 11.6. The van der Waals surface area contributed by atoms with Crippen LogP contribution >= 0.6 is 15.9 Å². The molecule has 0 radical (unpaired) electrons. The van der Waals surface area contributed by atoms with E-state index in [1.165, 1.54) is 7.11 Å². The van der Waals surface area contributed by atoms with Crippen molar-refractivity contribution >= 4 is 27.7 Å². The molecule has 0 bridgehead atoms. The summed E-state index contributed by atoms with van der Waals surface area (Å²) in [7, 11) is 1.26. The molecule has 0 aliphatic carbocycles. The van der Waals surface area contributed by atoms with Gasteiger partial charge in [0.25, 0.3) is 0 Å². The molecule has 0 saturated heterocycles. The van der Waals surface area contributed by atoms with Crippen molar-refractivity contribution < 1.29 is 14.3 Å². The van der Waals surface area contributed by atoms with Gasteiger partial charge in [0.05, 0.1) is 11.6 Å². The highest BCUT2D eigenvalue weighted by Gasteiger charge is 2.23. The Morgan fingerprint density at radius 2 is 2.07 bits per heavy atom. The van der Waals surface area contributed by atoms with Gasteiger partial charge in [-0.25, -0.2) is 4.79 Å². The number of carbonyl (C=O) groups excluding carboxylic acids is 2. The summed E-state index contributed by atoms with van der Waals surface area (Å²) < 4.78 is 4.87. The molecule has 5 nitrogen and oxygen atoms in total. The predicted molar refractivity (Wildman–Crippen MR) is 56.8 cm³/mol. The van der Waals surface area contributed by atoms with Crippen molar-refractivity contribution in [2.75, 3.05) is 7.11 Å². The number of esters is 1. The van der Waals surface area contributed by atoms with Crippen molar-refractivity contribution in [1.29, 1.82) is 0 Å². The topological polar surface area (TPSA) is 72.1 Å². The zero-order valence-electron chi connectivity index (χ0n) is 8.63. The Labute approximate surface area is 95.3 Å². The molecule has 0 saturated carbocycles. The number of aromatic nitrogens is 2. The van der Waals surface area contributed by atoms with Crippen molar-refractivity contribution in [2.45, 2.75) is 13.8 Å². The lowest BCUT2D eigenvalue weighted by atomic mass is 10.1. The lowest BCUT2D eigenvalue weighted by Crippen LogP contribution is -2.09. The van der Waals surface area contributed by atoms with Gasteiger partial charge < -0.3 is 4.74 Å². The minimum atomic E-state index is -0.558. The number of halogens is 1. The van der Waals surface area contributed by atoms with E-state index >= 15 is 0 Å². The van der Waals surface area contributed by atoms with Crippen LogP contribution in [0, 0.1) is 5.92 Å². The Morgan fingerprint density at radius 3 is 2.53 bits per heavy atom. The first-order chi connectivity index (χ1) is 6.99. The number of nitrogens with one attached hydrogen (secondary N) is 1. The Kier molecular flexibility index (Phi) is 3.62. The molecular weight excluding hydrogens is 264 g/mol. The fourth-order valence-corrected chi connectivity index (χ4v) is 1.54. The number of hydrogen-bond acceptors (Lipinski definition) is 4. The smallest absolute Gasteiger partial charge is 0.357 e. The summed E-state index contributed by atoms with van der Waals surface area (Å²) in [4.78, 5) is 22.8. The molecule has 1 heterocycles. The van der Waals surface area contributed by atoms with E-state index in [0.717, 1.165) is 0 Å². The number of hydrogen-bond donors (Lipinski definition) is 1. The number of rotatable bonds is 3. The van der Waals surface area contributed by atoms with Gasteiger partial charge in [0.15, 0.2) is 11.5 Å². The van der Waals surface area contributed by atoms with Gasteiger partial charge in [0, 0.05) is 5.92 Å². The molecule has 6 heteroatoms. The van der Waals surface area contributed by atoms with Crippen molar-refractivity contribution in [1.82, 2.24) is 10.2 Å². The highest BCUT2D eigenvalue weighted by molar-refractivity contribution is 9.10. The van der Waals surface area contributed by atoms with Gasteiger partial charge in [0.1, 0.15) is 5.69 Å². The minimum Gasteiger partial charge on any atom is -0.464 e. The van der Waals surface area contributed by atoms with Gasteiger partial charge in [0.2, 0.25) is 0 Å². The number of H-pyrrole nitrogens is 1. The van der Waals surface area contributed by atoms with Crippen LogP contribution in [0.15, 0.2) is 4.47 Å². The molecule has 1 N–H and O–H groups in total. The van der Waals surface area contributed by atoms with E-state index in [0.29, 0.717) is 4.47 Å².